The molecule has 5 nitrogen and oxygen atoms in total. The van der Waals surface area contributed by atoms with Crippen LogP contribution in [0.2, 0.25) is 0 Å². The summed E-state index contributed by atoms with van der Waals surface area (Å²) in [4.78, 5) is 17.2. The first-order valence-corrected chi connectivity index (χ1v) is 9.45. The number of benzene rings is 1. The van der Waals surface area contributed by atoms with Crippen molar-refractivity contribution in [2.75, 3.05) is 33.4 Å². The van der Waals surface area contributed by atoms with Crippen LogP contribution in [0.1, 0.15) is 31.7 Å². The normalized spacial score (nSPS) is 21.0. The molecule has 1 aromatic rings. The average Bonchev–Trinajstić information content (AvgIpc) is 3.18. The Morgan fingerprint density at radius 3 is 2.44 bits per heavy atom. The van der Waals surface area contributed by atoms with Gasteiger partial charge in [-0.3, -0.25) is 9.69 Å². The van der Waals surface area contributed by atoms with Gasteiger partial charge >= 0.3 is 0 Å². The first-order valence-electron chi connectivity index (χ1n) is 9.45. The largest absolute Gasteiger partial charge is 0.350 e. The van der Waals surface area contributed by atoms with E-state index < -0.39 is 0 Å². The second kappa shape index (κ2) is 8.79. The number of hydrogen-bond donors (Lipinski definition) is 0. The Morgan fingerprint density at radius 2 is 1.84 bits per heavy atom. The van der Waals surface area contributed by atoms with E-state index in [2.05, 4.69) is 24.0 Å². The molecule has 0 unspecified atom stereocenters. The maximum absolute atomic E-state index is 13.0. The highest BCUT2D eigenvalue weighted by molar-refractivity contribution is 5.81. The second-order valence-corrected chi connectivity index (χ2v) is 7.10. The van der Waals surface area contributed by atoms with Gasteiger partial charge in [0.05, 0.1) is 19.3 Å². The zero-order valence-electron chi connectivity index (χ0n) is 15.4. The fourth-order valence-corrected chi connectivity index (χ4v) is 3.91. The summed E-state index contributed by atoms with van der Waals surface area (Å²) in [6.45, 7) is 5.91. The molecule has 3 rings (SSSR count). The van der Waals surface area contributed by atoms with Crippen LogP contribution in [-0.2, 0) is 20.8 Å². The molecule has 1 atom stereocenters. The summed E-state index contributed by atoms with van der Waals surface area (Å²) in [5.74, 6) is 0.682. The lowest BCUT2D eigenvalue weighted by Gasteiger charge is -2.37. The molecule has 2 heterocycles. The van der Waals surface area contributed by atoms with Crippen molar-refractivity contribution in [1.29, 1.82) is 0 Å². The van der Waals surface area contributed by atoms with Gasteiger partial charge in [-0.05, 0) is 31.9 Å². The zero-order valence-corrected chi connectivity index (χ0v) is 15.4. The van der Waals surface area contributed by atoms with Gasteiger partial charge in [0.2, 0.25) is 5.91 Å². The van der Waals surface area contributed by atoms with Crippen molar-refractivity contribution in [1.82, 2.24) is 9.80 Å². The van der Waals surface area contributed by atoms with Crippen LogP contribution >= 0.6 is 0 Å². The van der Waals surface area contributed by atoms with E-state index in [-0.39, 0.29) is 18.2 Å². The second-order valence-electron chi connectivity index (χ2n) is 7.10. The molecule has 0 bridgehead atoms. The number of piperidine rings is 1. The molecule has 2 fully saturated rings. The highest BCUT2D eigenvalue weighted by atomic mass is 16.7. The predicted molar refractivity (Wildman–Crippen MR) is 97.0 cm³/mol. The highest BCUT2D eigenvalue weighted by Crippen LogP contribution is 2.26. The van der Waals surface area contributed by atoms with Gasteiger partial charge in [0.15, 0.2) is 6.29 Å². The number of carbonyl (C=O) groups is 1. The molecule has 2 aliphatic rings. The Morgan fingerprint density at radius 1 is 1.20 bits per heavy atom. The maximum atomic E-state index is 13.0. The molecule has 0 spiro atoms. The molecule has 2 saturated heterocycles. The van der Waals surface area contributed by atoms with E-state index in [0.29, 0.717) is 19.1 Å². The first kappa shape index (κ1) is 18.4. The van der Waals surface area contributed by atoms with Gasteiger partial charge in [0.25, 0.3) is 0 Å². The Bertz CT molecular complexity index is 537. The topological polar surface area (TPSA) is 42.0 Å². The molecule has 5 heteroatoms. The minimum absolute atomic E-state index is 0.0556. The van der Waals surface area contributed by atoms with E-state index in [1.54, 1.807) is 0 Å². The van der Waals surface area contributed by atoms with E-state index in [1.165, 1.54) is 5.56 Å². The van der Waals surface area contributed by atoms with Crippen molar-refractivity contribution in [3.05, 3.63) is 35.9 Å². The lowest BCUT2D eigenvalue weighted by atomic mass is 9.95. The third-order valence-corrected chi connectivity index (χ3v) is 5.36. The number of rotatable bonds is 6. The Kier molecular flexibility index (Phi) is 6.45. The number of carbonyl (C=O) groups excluding carboxylic acids is 1. The van der Waals surface area contributed by atoms with Crippen LogP contribution in [0.3, 0.4) is 0 Å². The van der Waals surface area contributed by atoms with E-state index in [9.17, 15) is 4.79 Å². The third-order valence-electron chi connectivity index (χ3n) is 5.36. The smallest absolute Gasteiger partial charge is 0.239 e. The van der Waals surface area contributed by atoms with E-state index in [1.807, 2.05) is 30.1 Å². The molecular formula is C20H30N2O3. The van der Waals surface area contributed by atoms with Crippen LogP contribution in [0.5, 0.6) is 0 Å². The lowest BCUT2D eigenvalue weighted by molar-refractivity contribution is -0.142. The summed E-state index contributed by atoms with van der Waals surface area (Å²) in [6, 6.07) is 10.3. The van der Waals surface area contributed by atoms with E-state index in [4.69, 9.17) is 9.47 Å². The SMILES string of the molecule is CC[C@@H](C(=O)N1CCC(C2OCCO2)CC1)N(C)Cc1ccccc1. The summed E-state index contributed by atoms with van der Waals surface area (Å²) in [5, 5.41) is 0. The van der Waals surface area contributed by atoms with E-state index >= 15 is 0 Å². The van der Waals surface area contributed by atoms with Crippen LogP contribution in [-0.4, -0.2) is 61.4 Å². The fourth-order valence-electron chi connectivity index (χ4n) is 3.91. The van der Waals surface area contributed by atoms with Crippen LogP contribution in [0.15, 0.2) is 30.3 Å². The van der Waals surface area contributed by atoms with Gasteiger partial charge in [-0.15, -0.1) is 0 Å². The Balaban J connectivity index is 1.53. The first-order chi connectivity index (χ1) is 12.2. The molecule has 25 heavy (non-hydrogen) atoms. The quantitative estimate of drug-likeness (QED) is 0.794. The highest BCUT2D eigenvalue weighted by Gasteiger charge is 2.34. The lowest BCUT2D eigenvalue weighted by Crippen LogP contribution is -2.50. The Hall–Kier alpha value is -1.43. The van der Waals surface area contributed by atoms with Gasteiger partial charge in [-0.25, -0.2) is 0 Å². The summed E-state index contributed by atoms with van der Waals surface area (Å²) in [6.07, 6.45) is 2.71. The molecule has 0 radical (unpaired) electrons. The molecule has 0 aliphatic carbocycles. The predicted octanol–water partition coefficient (Wildman–Crippen LogP) is 2.51. The summed E-state index contributed by atoms with van der Waals surface area (Å²) < 4.78 is 11.3. The van der Waals surface area contributed by atoms with Crippen molar-refractivity contribution in [2.24, 2.45) is 5.92 Å². The monoisotopic (exact) mass is 346 g/mol. The molecule has 1 amide bonds. The molecule has 2 aliphatic heterocycles. The molecule has 0 N–H and O–H groups in total. The number of ether oxygens (including phenoxy) is 2. The molecule has 138 valence electrons. The standard InChI is InChI=1S/C20H30N2O3/c1-3-18(21(2)15-16-7-5-4-6-8-16)19(23)22-11-9-17(10-12-22)20-24-13-14-25-20/h4-8,17-18,20H,3,9-15H2,1-2H3/t18-/m0/s1. The third kappa shape index (κ3) is 4.60. The van der Waals surface area contributed by atoms with Crippen molar-refractivity contribution in [2.45, 2.75) is 45.1 Å². The zero-order chi connectivity index (χ0) is 17.6. The van der Waals surface area contributed by atoms with Crippen LogP contribution in [0.4, 0.5) is 0 Å². The summed E-state index contributed by atoms with van der Waals surface area (Å²) in [5.41, 5.74) is 1.24. The van der Waals surface area contributed by atoms with Crippen LogP contribution in [0.25, 0.3) is 0 Å². The number of likely N-dealkylation sites (N-methyl/N-ethyl adjacent to an activating group) is 1. The number of likely N-dealkylation sites (tertiary alicyclic amines) is 1. The van der Waals surface area contributed by atoms with Crippen molar-refractivity contribution >= 4 is 5.91 Å². The van der Waals surface area contributed by atoms with Gasteiger partial charge in [-0.1, -0.05) is 37.3 Å². The van der Waals surface area contributed by atoms with Gasteiger partial charge in [0.1, 0.15) is 0 Å². The summed E-state index contributed by atoms with van der Waals surface area (Å²) >= 11 is 0. The van der Waals surface area contributed by atoms with Crippen LogP contribution in [0, 0.1) is 5.92 Å². The van der Waals surface area contributed by atoms with Crippen molar-refractivity contribution < 1.29 is 14.3 Å². The maximum Gasteiger partial charge on any atom is 0.239 e. The van der Waals surface area contributed by atoms with Gasteiger partial charge < -0.3 is 14.4 Å². The fraction of sp³-hybridized carbons (Fsp3) is 0.650. The molecule has 0 saturated carbocycles. The summed E-state index contributed by atoms with van der Waals surface area (Å²) in [7, 11) is 2.05. The Labute approximate surface area is 150 Å². The van der Waals surface area contributed by atoms with Crippen LogP contribution < -0.4 is 0 Å². The molecular weight excluding hydrogens is 316 g/mol. The van der Waals surface area contributed by atoms with E-state index in [0.717, 1.165) is 38.9 Å². The molecule has 0 aromatic heterocycles. The van der Waals surface area contributed by atoms with Crippen molar-refractivity contribution in [3.8, 4) is 0 Å². The van der Waals surface area contributed by atoms with Gasteiger partial charge in [0, 0.05) is 25.6 Å². The average molecular weight is 346 g/mol. The van der Waals surface area contributed by atoms with Gasteiger partial charge in [-0.2, -0.15) is 0 Å². The number of nitrogens with zero attached hydrogens (tertiary/aromatic N) is 2. The number of amides is 1. The van der Waals surface area contributed by atoms with Crippen molar-refractivity contribution in [3.63, 3.8) is 0 Å². The number of hydrogen-bond acceptors (Lipinski definition) is 4. The minimum Gasteiger partial charge on any atom is -0.350 e. The molecule has 1 aromatic carbocycles. The minimum atomic E-state index is -0.0595.